The molecular formula is C17H18N6O. The fraction of sp³-hybridized carbons (Fsp3) is 0.294. The molecule has 0 spiro atoms. The van der Waals surface area contributed by atoms with Gasteiger partial charge in [0.25, 0.3) is 5.91 Å². The van der Waals surface area contributed by atoms with Gasteiger partial charge in [-0.25, -0.2) is 9.67 Å². The molecule has 1 N–H and O–H groups in total. The maximum Gasteiger partial charge on any atom is 0.255 e. The standard InChI is InChI=1S/C17H18N6O/c24-17(13-5-6-16(18-12-13)23-11-3-8-20-23)22-10-2-1-4-15(22)14-7-9-19-21-14/h3,5-9,11-12,15H,1-2,4,10H2,(H,19,21)/t15-/m1/s1. The van der Waals surface area contributed by atoms with E-state index in [1.807, 2.05) is 35.4 Å². The highest BCUT2D eigenvalue weighted by Crippen LogP contribution is 2.30. The summed E-state index contributed by atoms with van der Waals surface area (Å²) in [6, 6.07) is 7.46. The number of hydrogen-bond acceptors (Lipinski definition) is 4. The van der Waals surface area contributed by atoms with Gasteiger partial charge in [-0.1, -0.05) is 0 Å². The first kappa shape index (κ1) is 14.6. The average Bonchev–Trinajstić information content (AvgIpc) is 3.35. The quantitative estimate of drug-likeness (QED) is 0.803. The van der Waals surface area contributed by atoms with E-state index in [0.717, 1.165) is 31.5 Å². The summed E-state index contributed by atoms with van der Waals surface area (Å²) in [5.74, 6) is 0.703. The second-order valence-corrected chi connectivity index (χ2v) is 5.88. The number of aromatic amines is 1. The Morgan fingerprint density at radius 1 is 1.21 bits per heavy atom. The lowest BCUT2D eigenvalue weighted by molar-refractivity contribution is 0.0605. The van der Waals surface area contributed by atoms with E-state index >= 15 is 0 Å². The van der Waals surface area contributed by atoms with Crippen LogP contribution < -0.4 is 0 Å². The van der Waals surface area contributed by atoms with Gasteiger partial charge in [-0.2, -0.15) is 10.2 Å². The van der Waals surface area contributed by atoms with Gasteiger partial charge in [0.05, 0.1) is 17.3 Å². The number of nitrogens with zero attached hydrogens (tertiary/aromatic N) is 5. The molecule has 3 aromatic heterocycles. The number of hydrogen-bond donors (Lipinski definition) is 1. The summed E-state index contributed by atoms with van der Waals surface area (Å²) < 4.78 is 1.67. The normalized spacial score (nSPS) is 17.8. The largest absolute Gasteiger partial charge is 0.330 e. The minimum Gasteiger partial charge on any atom is -0.330 e. The van der Waals surface area contributed by atoms with Gasteiger partial charge in [-0.3, -0.25) is 9.89 Å². The Bertz CT molecular complexity index is 794. The van der Waals surface area contributed by atoms with Crippen molar-refractivity contribution in [3.05, 3.63) is 60.3 Å². The fourth-order valence-electron chi connectivity index (χ4n) is 3.17. The summed E-state index contributed by atoms with van der Waals surface area (Å²) in [6.45, 7) is 0.753. The second kappa shape index (κ2) is 6.27. The molecule has 7 heteroatoms. The maximum absolute atomic E-state index is 12.9. The molecule has 3 aromatic rings. The zero-order chi connectivity index (χ0) is 16.4. The van der Waals surface area contributed by atoms with Crippen LogP contribution >= 0.6 is 0 Å². The van der Waals surface area contributed by atoms with E-state index in [1.54, 1.807) is 23.3 Å². The van der Waals surface area contributed by atoms with E-state index in [0.29, 0.717) is 11.4 Å². The molecule has 0 saturated carbocycles. The molecule has 0 unspecified atom stereocenters. The number of pyridine rings is 1. The molecule has 0 aromatic carbocycles. The van der Waals surface area contributed by atoms with Crippen LogP contribution in [0, 0.1) is 0 Å². The summed E-state index contributed by atoms with van der Waals surface area (Å²) in [4.78, 5) is 19.2. The number of amides is 1. The number of nitrogens with one attached hydrogen (secondary N) is 1. The monoisotopic (exact) mass is 322 g/mol. The summed E-state index contributed by atoms with van der Waals surface area (Å²) in [5.41, 5.74) is 1.58. The highest BCUT2D eigenvalue weighted by atomic mass is 16.2. The Balaban J connectivity index is 1.57. The Morgan fingerprint density at radius 2 is 2.17 bits per heavy atom. The first-order valence-electron chi connectivity index (χ1n) is 8.09. The van der Waals surface area contributed by atoms with Crippen molar-refractivity contribution in [3.8, 4) is 5.82 Å². The molecule has 1 saturated heterocycles. The summed E-state index contributed by atoms with van der Waals surface area (Å²) in [7, 11) is 0. The first-order valence-corrected chi connectivity index (χ1v) is 8.09. The number of H-pyrrole nitrogens is 1. The average molecular weight is 322 g/mol. The highest BCUT2D eigenvalue weighted by molar-refractivity contribution is 5.94. The lowest BCUT2D eigenvalue weighted by Gasteiger charge is -2.35. The minimum absolute atomic E-state index is 0.00816. The summed E-state index contributed by atoms with van der Waals surface area (Å²) in [6.07, 6.45) is 9.96. The van der Waals surface area contributed by atoms with Gasteiger partial charge in [-0.15, -0.1) is 0 Å². The molecule has 0 aliphatic carbocycles. The zero-order valence-corrected chi connectivity index (χ0v) is 13.2. The molecule has 24 heavy (non-hydrogen) atoms. The van der Waals surface area contributed by atoms with Crippen LogP contribution in [-0.2, 0) is 0 Å². The number of piperidine rings is 1. The maximum atomic E-state index is 12.9. The molecule has 1 atom stereocenters. The number of carbonyl (C=O) groups is 1. The molecule has 1 fully saturated rings. The lowest BCUT2D eigenvalue weighted by Crippen LogP contribution is -2.38. The van der Waals surface area contributed by atoms with Gasteiger partial charge in [0.1, 0.15) is 0 Å². The van der Waals surface area contributed by atoms with Crippen molar-refractivity contribution < 1.29 is 4.79 Å². The van der Waals surface area contributed by atoms with E-state index < -0.39 is 0 Å². The van der Waals surface area contributed by atoms with Gasteiger partial charge >= 0.3 is 0 Å². The Kier molecular flexibility index (Phi) is 3.82. The molecule has 7 nitrogen and oxygen atoms in total. The third-order valence-corrected chi connectivity index (χ3v) is 4.38. The van der Waals surface area contributed by atoms with Crippen LogP contribution in [0.5, 0.6) is 0 Å². The molecule has 0 radical (unpaired) electrons. The smallest absolute Gasteiger partial charge is 0.255 e. The summed E-state index contributed by atoms with van der Waals surface area (Å²) in [5, 5.41) is 11.2. The van der Waals surface area contributed by atoms with Crippen LogP contribution in [0.25, 0.3) is 5.82 Å². The van der Waals surface area contributed by atoms with E-state index in [1.165, 1.54) is 0 Å². The SMILES string of the molecule is O=C(c1ccc(-n2cccn2)nc1)N1CCCC[C@@H]1c1ccn[nH]1. The van der Waals surface area contributed by atoms with Crippen LogP contribution in [-0.4, -0.2) is 42.3 Å². The highest BCUT2D eigenvalue weighted by Gasteiger charge is 2.29. The molecule has 1 aliphatic heterocycles. The molecule has 0 bridgehead atoms. The van der Waals surface area contributed by atoms with Crippen LogP contribution in [0.1, 0.15) is 41.4 Å². The lowest BCUT2D eigenvalue weighted by atomic mass is 9.98. The molecule has 1 aliphatic rings. The van der Waals surface area contributed by atoms with E-state index in [4.69, 9.17) is 0 Å². The van der Waals surface area contributed by atoms with Crippen LogP contribution in [0.2, 0.25) is 0 Å². The number of carbonyl (C=O) groups excluding carboxylic acids is 1. The molecular weight excluding hydrogens is 304 g/mol. The van der Waals surface area contributed by atoms with Crippen molar-refractivity contribution in [2.75, 3.05) is 6.54 Å². The Morgan fingerprint density at radius 3 is 2.88 bits per heavy atom. The summed E-state index contributed by atoms with van der Waals surface area (Å²) >= 11 is 0. The number of likely N-dealkylation sites (tertiary alicyclic amines) is 1. The van der Waals surface area contributed by atoms with E-state index in [2.05, 4.69) is 20.3 Å². The number of rotatable bonds is 3. The first-order chi connectivity index (χ1) is 11.8. The van der Waals surface area contributed by atoms with Crippen molar-refractivity contribution in [1.29, 1.82) is 0 Å². The van der Waals surface area contributed by atoms with Crippen LogP contribution in [0.4, 0.5) is 0 Å². The second-order valence-electron chi connectivity index (χ2n) is 5.88. The van der Waals surface area contributed by atoms with Crippen LogP contribution in [0.15, 0.2) is 49.1 Å². The van der Waals surface area contributed by atoms with Crippen molar-refractivity contribution >= 4 is 5.91 Å². The predicted molar refractivity (Wildman–Crippen MR) is 87.6 cm³/mol. The number of aromatic nitrogens is 5. The van der Waals surface area contributed by atoms with E-state index in [9.17, 15) is 4.79 Å². The third-order valence-electron chi connectivity index (χ3n) is 4.38. The van der Waals surface area contributed by atoms with Gasteiger partial charge in [0.15, 0.2) is 5.82 Å². The topological polar surface area (TPSA) is 79.7 Å². The third kappa shape index (κ3) is 2.68. The van der Waals surface area contributed by atoms with Gasteiger partial charge < -0.3 is 4.90 Å². The van der Waals surface area contributed by atoms with E-state index in [-0.39, 0.29) is 11.9 Å². The Labute approximate surface area is 139 Å². The van der Waals surface area contributed by atoms with Gasteiger partial charge in [0.2, 0.25) is 0 Å². The molecule has 1 amide bonds. The van der Waals surface area contributed by atoms with Crippen molar-refractivity contribution in [3.63, 3.8) is 0 Å². The van der Waals surface area contributed by atoms with Crippen molar-refractivity contribution in [2.24, 2.45) is 0 Å². The zero-order valence-electron chi connectivity index (χ0n) is 13.2. The van der Waals surface area contributed by atoms with Crippen molar-refractivity contribution in [2.45, 2.75) is 25.3 Å². The fourth-order valence-corrected chi connectivity index (χ4v) is 3.17. The van der Waals surface area contributed by atoms with Gasteiger partial charge in [-0.05, 0) is 43.5 Å². The van der Waals surface area contributed by atoms with Crippen LogP contribution in [0.3, 0.4) is 0 Å². The van der Waals surface area contributed by atoms with Gasteiger partial charge in [0, 0.05) is 31.3 Å². The molecule has 4 heterocycles. The molecule has 122 valence electrons. The molecule has 4 rings (SSSR count). The minimum atomic E-state index is 0.00816. The predicted octanol–water partition coefficient (Wildman–Crippen LogP) is 2.36. The Hall–Kier alpha value is -2.96. The van der Waals surface area contributed by atoms with Crippen molar-refractivity contribution in [1.82, 2.24) is 29.9 Å².